The number of nitrogens with two attached hydrogens (primary N) is 1. The van der Waals surface area contributed by atoms with E-state index in [9.17, 15) is 26.4 Å². The summed E-state index contributed by atoms with van der Waals surface area (Å²) in [5, 5.41) is 0. The van der Waals surface area contributed by atoms with Gasteiger partial charge in [0.1, 0.15) is 11.6 Å². The second kappa shape index (κ2) is 16.7. The largest absolute Gasteiger partial charge is 0.462 e. The van der Waals surface area contributed by atoms with Crippen molar-refractivity contribution in [2.45, 2.75) is 81.9 Å². The number of benzene rings is 2. The molecular weight excluding hydrogens is 715 g/mol. The summed E-state index contributed by atoms with van der Waals surface area (Å²) in [6.07, 6.45) is 12.2. The van der Waals surface area contributed by atoms with Gasteiger partial charge in [-0.3, -0.25) is 4.79 Å². The lowest BCUT2D eigenvalue weighted by Gasteiger charge is -2.41. The standard InChI is InChI=1S/C20H24N2O4S.C19H23N3O3S/c1-3-26-19(23)16-12-21-18(22-13-16)11-20(9-4-10-20)14-27(24,25)17-7-5-15(2)6-8-17;1-14-3-5-16(6-4-14)26(24,25)13-19(7-2-8-19)9-18-21-11-15(12-22-18)17(23)10-20/h5-8,12-13H,3-4,9-11,14H2,1-2H3;3-6,11-12H,2,7-10,13,20H2,1H3. The van der Waals surface area contributed by atoms with Crippen LogP contribution in [0.25, 0.3) is 0 Å². The Morgan fingerprint density at radius 1 is 0.660 bits per heavy atom. The highest BCUT2D eigenvalue weighted by Gasteiger charge is 2.43. The number of carbonyl (C=O) groups excluding carboxylic acids is 2. The molecule has 53 heavy (non-hydrogen) atoms. The second-order valence-corrected chi connectivity index (χ2v) is 18.3. The maximum Gasteiger partial charge on any atom is 0.341 e. The summed E-state index contributed by atoms with van der Waals surface area (Å²) < 4.78 is 56.3. The van der Waals surface area contributed by atoms with Crippen molar-refractivity contribution in [3.8, 4) is 0 Å². The first-order valence-electron chi connectivity index (χ1n) is 17.8. The Morgan fingerprint density at radius 3 is 1.36 bits per heavy atom. The van der Waals surface area contributed by atoms with Crippen LogP contribution in [0.3, 0.4) is 0 Å². The van der Waals surface area contributed by atoms with Crippen LogP contribution in [-0.4, -0.2) is 73.2 Å². The number of carbonyl (C=O) groups is 2. The molecule has 2 N–H and O–H groups in total. The van der Waals surface area contributed by atoms with Gasteiger partial charge in [-0.05, 0) is 81.5 Å². The number of Topliss-reactive ketones (excluding diaryl/α,β-unsaturated/α-hetero) is 1. The van der Waals surface area contributed by atoms with Gasteiger partial charge in [-0.2, -0.15) is 0 Å². The summed E-state index contributed by atoms with van der Waals surface area (Å²) in [5.41, 5.74) is 7.41. The predicted octanol–water partition coefficient (Wildman–Crippen LogP) is 5.26. The van der Waals surface area contributed by atoms with Crippen LogP contribution in [0.5, 0.6) is 0 Å². The first kappa shape index (κ1) is 39.8. The van der Waals surface area contributed by atoms with Gasteiger partial charge in [0.05, 0.1) is 45.6 Å². The molecule has 0 radical (unpaired) electrons. The van der Waals surface area contributed by atoms with E-state index in [1.54, 1.807) is 31.2 Å². The zero-order valence-electron chi connectivity index (χ0n) is 30.5. The van der Waals surface area contributed by atoms with E-state index in [4.69, 9.17) is 10.5 Å². The summed E-state index contributed by atoms with van der Waals surface area (Å²) in [6, 6.07) is 13.9. The van der Waals surface area contributed by atoms with Gasteiger partial charge in [0, 0.05) is 37.6 Å². The van der Waals surface area contributed by atoms with Crippen molar-refractivity contribution in [3.05, 3.63) is 107 Å². The highest BCUT2D eigenvalue weighted by Crippen LogP contribution is 2.46. The molecule has 6 rings (SSSR count). The van der Waals surface area contributed by atoms with E-state index >= 15 is 0 Å². The van der Waals surface area contributed by atoms with Crippen LogP contribution < -0.4 is 5.73 Å². The third-order valence-corrected chi connectivity index (χ3v) is 14.0. The minimum Gasteiger partial charge on any atom is -0.462 e. The number of aromatic nitrogens is 4. The highest BCUT2D eigenvalue weighted by molar-refractivity contribution is 7.91. The first-order chi connectivity index (χ1) is 25.2. The van der Waals surface area contributed by atoms with Crippen LogP contribution in [0.15, 0.2) is 83.1 Å². The Bertz CT molecular complexity index is 2100. The van der Waals surface area contributed by atoms with Gasteiger partial charge in [0.25, 0.3) is 0 Å². The molecule has 2 aromatic carbocycles. The van der Waals surface area contributed by atoms with Gasteiger partial charge in [-0.15, -0.1) is 0 Å². The number of nitrogens with zero attached hydrogens (tertiary/aromatic N) is 4. The van der Waals surface area contributed by atoms with E-state index in [1.807, 2.05) is 38.1 Å². The van der Waals surface area contributed by atoms with Crippen molar-refractivity contribution in [2.24, 2.45) is 16.6 Å². The zero-order valence-corrected chi connectivity index (χ0v) is 32.1. The van der Waals surface area contributed by atoms with Crippen LogP contribution in [0.1, 0.15) is 88.9 Å². The lowest BCUT2D eigenvalue weighted by molar-refractivity contribution is 0.0525. The number of aryl methyl sites for hydroxylation is 2. The van der Waals surface area contributed by atoms with Crippen molar-refractivity contribution in [2.75, 3.05) is 24.7 Å². The molecule has 282 valence electrons. The Labute approximate surface area is 311 Å². The molecule has 2 aromatic heterocycles. The summed E-state index contributed by atoms with van der Waals surface area (Å²) in [7, 11) is -6.74. The van der Waals surface area contributed by atoms with Gasteiger partial charge >= 0.3 is 5.97 Å². The average Bonchev–Trinajstić information content (AvgIpc) is 3.10. The number of ketones is 1. The van der Waals surface area contributed by atoms with Crippen LogP contribution in [-0.2, 0) is 37.3 Å². The molecule has 2 heterocycles. The fraction of sp³-hybridized carbons (Fsp3) is 0.436. The molecule has 2 fully saturated rings. The molecule has 12 nitrogen and oxygen atoms in total. The number of hydrogen-bond donors (Lipinski definition) is 1. The Morgan fingerprint density at radius 2 is 1.04 bits per heavy atom. The molecule has 0 saturated heterocycles. The molecule has 2 saturated carbocycles. The van der Waals surface area contributed by atoms with Gasteiger partial charge in [0.15, 0.2) is 25.5 Å². The van der Waals surface area contributed by atoms with Gasteiger partial charge < -0.3 is 10.5 Å². The normalized spacial score (nSPS) is 15.9. The summed E-state index contributed by atoms with van der Waals surface area (Å²) >= 11 is 0. The number of rotatable bonds is 14. The molecule has 0 amide bonds. The molecule has 4 aromatic rings. The van der Waals surface area contributed by atoms with E-state index in [0.29, 0.717) is 52.0 Å². The smallest absolute Gasteiger partial charge is 0.341 e. The average molecular weight is 762 g/mol. The fourth-order valence-electron chi connectivity index (χ4n) is 6.71. The van der Waals surface area contributed by atoms with Crippen molar-refractivity contribution in [3.63, 3.8) is 0 Å². The van der Waals surface area contributed by atoms with E-state index in [1.165, 1.54) is 24.8 Å². The van der Waals surface area contributed by atoms with Crippen LogP contribution >= 0.6 is 0 Å². The topological polar surface area (TPSA) is 189 Å². The quantitative estimate of drug-likeness (QED) is 0.130. The third kappa shape index (κ3) is 10.2. The molecule has 0 unspecified atom stereocenters. The second-order valence-electron chi connectivity index (χ2n) is 14.3. The fourth-order valence-corrected chi connectivity index (χ4v) is 10.5. The maximum atomic E-state index is 12.9. The van der Waals surface area contributed by atoms with E-state index < -0.39 is 25.6 Å². The molecule has 0 bridgehead atoms. The molecule has 0 atom stereocenters. The number of sulfone groups is 2. The zero-order chi connectivity index (χ0) is 38.3. The molecular formula is C39H47N5O7S2. The van der Waals surface area contributed by atoms with E-state index in [-0.39, 0.29) is 34.7 Å². The first-order valence-corrected chi connectivity index (χ1v) is 21.1. The van der Waals surface area contributed by atoms with Crippen molar-refractivity contribution in [1.29, 1.82) is 0 Å². The van der Waals surface area contributed by atoms with Crippen LogP contribution in [0.4, 0.5) is 0 Å². The van der Waals surface area contributed by atoms with Gasteiger partial charge in [0.2, 0.25) is 0 Å². The molecule has 14 heteroatoms. The molecule has 0 aliphatic heterocycles. The predicted molar refractivity (Wildman–Crippen MR) is 200 cm³/mol. The number of ether oxygens (including phenoxy) is 1. The van der Waals surface area contributed by atoms with Crippen molar-refractivity contribution < 1.29 is 31.2 Å². The Balaban J connectivity index is 0.000000204. The molecule has 2 aliphatic rings. The monoisotopic (exact) mass is 761 g/mol. The summed E-state index contributed by atoms with van der Waals surface area (Å²) in [4.78, 5) is 41.0. The Kier molecular flexibility index (Phi) is 12.6. The van der Waals surface area contributed by atoms with Gasteiger partial charge in [-0.25, -0.2) is 41.6 Å². The number of esters is 1. The maximum absolute atomic E-state index is 12.9. The highest BCUT2D eigenvalue weighted by atomic mass is 32.2. The molecule has 0 spiro atoms. The lowest BCUT2D eigenvalue weighted by Crippen LogP contribution is -2.39. The summed E-state index contributed by atoms with van der Waals surface area (Å²) in [5.74, 6) is 0.641. The lowest BCUT2D eigenvalue weighted by atomic mass is 9.68. The van der Waals surface area contributed by atoms with Gasteiger partial charge in [-0.1, -0.05) is 48.2 Å². The van der Waals surface area contributed by atoms with Crippen LogP contribution in [0.2, 0.25) is 0 Å². The molecule has 2 aliphatic carbocycles. The minimum atomic E-state index is -3.37. The van der Waals surface area contributed by atoms with Crippen molar-refractivity contribution in [1.82, 2.24) is 19.9 Å². The minimum absolute atomic E-state index is 0.0819. The summed E-state index contributed by atoms with van der Waals surface area (Å²) in [6.45, 7) is 5.81. The van der Waals surface area contributed by atoms with E-state index in [0.717, 1.165) is 49.7 Å². The third-order valence-electron chi connectivity index (χ3n) is 10.1. The van der Waals surface area contributed by atoms with Crippen molar-refractivity contribution >= 4 is 31.4 Å². The number of hydrogen-bond acceptors (Lipinski definition) is 12. The van der Waals surface area contributed by atoms with E-state index in [2.05, 4.69) is 19.9 Å². The Hall–Kier alpha value is -4.40. The van der Waals surface area contributed by atoms with Crippen LogP contribution in [0, 0.1) is 24.7 Å². The SMILES string of the molecule is CCOC(=O)c1cnc(CC2(CS(=O)(=O)c3ccc(C)cc3)CCC2)nc1.Cc1ccc(S(=O)(=O)CC2(Cc3ncc(C(=O)CN)cn3)CCC2)cc1.